The van der Waals surface area contributed by atoms with Crippen LogP contribution in [0.25, 0.3) is 0 Å². The summed E-state index contributed by atoms with van der Waals surface area (Å²) in [6.07, 6.45) is 0. The first kappa shape index (κ1) is 27.2. The van der Waals surface area contributed by atoms with Crippen LogP contribution in [0.1, 0.15) is 31.8 Å². The molecule has 0 heterocycles. The molecule has 0 aromatic heterocycles. The highest BCUT2D eigenvalue weighted by atomic mass is 32.2. The fourth-order valence-electron chi connectivity index (χ4n) is 3.30. The van der Waals surface area contributed by atoms with Crippen LogP contribution in [0.2, 0.25) is 0 Å². The van der Waals surface area contributed by atoms with Crippen molar-refractivity contribution in [3.8, 4) is 5.75 Å². The largest absolute Gasteiger partial charge is 0.483 e. The molecule has 0 atom stereocenters. The van der Waals surface area contributed by atoms with Crippen LogP contribution in [0, 0.1) is 13.8 Å². The van der Waals surface area contributed by atoms with Gasteiger partial charge in [-0.25, -0.2) is 18.0 Å². The lowest BCUT2D eigenvalue weighted by Gasteiger charge is -2.13. The van der Waals surface area contributed by atoms with Crippen molar-refractivity contribution in [2.75, 3.05) is 30.9 Å². The summed E-state index contributed by atoms with van der Waals surface area (Å²) >= 11 is 0. The van der Waals surface area contributed by atoms with E-state index in [1.54, 1.807) is 31.2 Å². The van der Waals surface area contributed by atoms with Gasteiger partial charge in [0.15, 0.2) is 6.61 Å². The second kappa shape index (κ2) is 11.6. The lowest BCUT2D eigenvalue weighted by atomic mass is 10.1. The number of anilines is 2. The summed E-state index contributed by atoms with van der Waals surface area (Å²) in [5.74, 6) is -1.65. The lowest BCUT2D eigenvalue weighted by Crippen LogP contribution is -2.21. The molecule has 0 aliphatic heterocycles. The Labute approximate surface area is 214 Å². The normalized spacial score (nSPS) is 10.8. The number of rotatable bonds is 9. The zero-order chi connectivity index (χ0) is 27.2. The van der Waals surface area contributed by atoms with Crippen molar-refractivity contribution in [1.29, 1.82) is 0 Å². The summed E-state index contributed by atoms with van der Waals surface area (Å²) in [6.45, 7) is 3.14. The number of carbonyl (C=O) groups excluding carboxylic acids is 3. The number of ether oxygens (including phenoxy) is 3. The Balaban J connectivity index is 1.68. The smallest absolute Gasteiger partial charge is 0.337 e. The highest BCUT2D eigenvalue weighted by molar-refractivity contribution is 7.92. The van der Waals surface area contributed by atoms with Crippen molar-refractivity contribution in [2.24, 2.45) is 0 Å². The number of sulfonamides is 1. The molecule has 0 spiro atoms. The Morgan fingerprint density at radius 2 is 1.38 bits per heavy atom. The van der Waals surface area contributed by atoms with Crippen LogP contribution in [0.3, 0.4) is 0 Å². The van der Waals surface area contributed by atoms with Gasteiger partial charge in [-0.2, -0.15) is 0 Å². The summed E-state index contributed by atoms with van der Waals surface area (Å²) in [7, 11) is -1.44. The minimum absolute atomic E-state index is 0.0392. The van der Waals surface area contributed by atoms with Gasteiger partial charge in [-0.15, -0.1) is 0 Å². The van der Waals surface area contributed by atoms with Gasteiger partial charge >= 0.3 is 11.9 Å². The van der Waals surface area contributed by atoms with Crippen LogP contribution in [0.5, 0.6) is 5.75 Å². The first-order valence-corrected chi connectivity index (χ1v) is 12.4. The molecule has 3 rings (SSSR count). The zero-order valence-electron chi connectivity index (χ0n) is 20.7. The van der Waals surface area contributed by atoms with E-state index in [1.807, 2.05) is 6.92 Å². The Morgan fingerprint density at radius 3 is 1.92 bits per heavy atom. The van der Waals surface area contributed by atoms with E-state index in [0.29, 0.717) is 17.0 Å². The monoisotopic (exact) mass is 526 g/mol. The van der Waals surface area contributed by atoms with Gasteiger partial charge in [0.2, 0.25) is 0 Å². The molecule has 3 aromatic carbocycles. The minimum atomic E-state index is -3.82. The van der Waals surface area contributed by atoms with Crippen LogP contribution >= 0.6 is 0 Å². The average molecular weight is 527 g/mol. The molecule has 0 saturated carbocycles. The van der Waals surface area contributed by atoms with E-state index < -0.39 is 34.5 Å². The van der Waals surface area contributed by atoms with Crippen molar-refractivity contribution in [3.05, 3.63) is 82.9 Å². The summed E-state index contributed by atoms with van der Waals surface area (Å²) in [5.41, 5.74) is 2.20. The fraction of sp³-hybridized carbons (Fsp3) is 0.192. The molecule has 2 N–H and O–H groups in total. The van der Waals surface area contributed by atoms with Gasteiger partial charge in [0.25, 0.3) is 15.9 Å². The van der Waals surface area contributed by atoms with Crippen molar-refractivity contribution >= 4 is 39.2 Å². The van der Waals surface area contributed by atoms with E-state index in [4.69, 9.17) is 4.74 Å². The first-order valence-electron chi connectivity index (χ1n) is 11.0. The molecule has 11 heteroatoms. The van der Waals surface area contributed by atoms with Crippen molar-refractivity contribution in [2.45, 2.75) is 18.7 Å². The van der Waals surface area contributed by atoms with Gasteiger partial charge < -0.3 is 19.5 Å². The molecule has 3 aromatic rings. The third-order valence-electron chi connectivity index (χ3n) is 5.18. The molecule has 0 saturated heterocycles. The number of nitrogens with one attached hydrogen (secondary N) is 2. The number of hydrogen-bond acceptors (Lipinski definition) is 8. The Hall–Kier alpha value is -4.38. The maximum absolute atomic E-state index is 12.7. The number of hydrogen-bond donors (Lipinski definition) is 2. The second-order valence-electron chi connectivity index (χ2n) is 8.02. The Morgan fingerprint density at radius 1 is 0.784 bits per heavy atom. The number of amides is 1. The molecule has 0 aliphatic rings. The quantitative estimate of drug-likeness (QED) is 0.403. The maximum Gasteiger partial charge on any atom is 0.337 e. The molecule has 0 radical (unpaired) electrons. The number of carbonyl (C=O) groups is 3. The van der Waals surface area contributed by atoms with Gasteiger partial charge in [0, 0.05) is 11.4 Å². The van der Waals surface area contributed by atoms with Gasteiger partial charge in [0.1, 0.15) is 5.75 Å². The molecule has 10 nitrogen and oxygen atoms in total. The Kier molecular flexibility index (Phi) is 8.51. The molecular formula is C26H26N2O8S. The Bertz CT molecular complexity index is 1400. The molecule has 0 fully saturated rings. The fourth-order valence-corrected chi connectivity index (χ4v) is 4.44. The maximum atomic E-state index is 12.7. The molecule has 37 heavy (non-hydrogen) atoms. The van der Waals surface area contributed by atoms with Gasteiger partial charge in [-0.1, -0.05) is 17.7 Å². The van der Waals surface area contributed by atoms with E-state index >= 15 is 0 Å². The minimum Gasteiger partial charge on any atom is -0.483 e. The predicted molar refractivity (Wildman–Crippen MR) is 136 cm³/mol. The van der Waals surface area contributed by atoms with E-state index in [9.17, 15) is 22.8 Å². The molecule has 0 bridgehead atoms. The first-order chi connectivity index (χ1) is 17.5. The summed E-state index contributed by atoms with van der Waals surface area (Å²) in [5, 5.41) is 2.55. The van der Waals surface area contributed by atoms with Crippen molar-refractivity contribution in [1.82, 2.24) is 0 Å². The van der Waals surface area contributed by atoms with Crippen LogP contribution in [-0.4, -0.2) is 47.1 Å². The van der Waals surface area contributed by atoms with E-state index in [2.05, 4.69) is 19.5 Å². The highest BCUT2D eigenvalue weighted by Crippen LogP contribution is 2.24. The molecule has 0 unspecified atom stereocenters. The van der Waals surface area contributed by atoms with Crippen molar-refractivity contribution in [3.63, 3.8) is 0 Å². The summed E-state index contributed by atoms with van der Waals surface area (Å²) in [6, 6.07) is 15.2. The average Bonchev–Trinajstić information content (AvgIpc) is 2.87. The van der Waals surface area contributed by atoms with Gasteiger partial charge in [-0.3, -0.25) is 9.52 Å². The molecule has 1 amide bonds. The van der Waals surface area contributed by atoms with E-state index in [-0.39, 0.29) is 21.7 Å². The zero-order valence-corrected chi connectivity index (χ0v) is 21.5. The van der Waals surface area contributed by atoms with Gasteiger partial charge in [0.05, 0.1) is 30.2 Å². The topological polar surface area (TPSA) is 137 Å². The molecule has 0 aliphatic carbocycles. The van der Waals surface area contributed by atoms with Crippen molar-refractivity contribution < 1.29 is 37.0 Å². The number of methoxy groups -OCH3 is 2. The second-order valence-corrected chi connectivity index (χ2v) is 9.70. The van der Waals surface area contributed by atoms with E-state index in [1.165, 1.54) is 50.6 Å². The highest BCUT2D eigenvalue weighted by Gasteiger charge is 2.18. The summed E-state index contributed by atoms with van der Waals surface area (Å²) < 4.78 is 42.9. The van der Waals surface area contributed by atoms with Crippen LogP contribution < -0.4 is 14.8 Å². The number of benzene rings is 3. The standard InChI is InChI=1S/C26H26N2O8S/c1-16-5-7-20(8-6-16)28-37(32,33)22-9-10-23(17(2)11-22)36-15-24(29)27-21-13-18(25(30)34-3)12-19(14-21)26(31)35-4/h5-14,28H,15H2,1-4H3,(H,27,29). The third kappa shape index (κ3) is 7.07. The van der Waals surface area contributed by atoms with Crippen LogP contribution in [-0.2, 0) is 24.3 Å². The van der Waals surface area contributed by atoms with Crippen LogP contribution in [0.4, 0.5) is 11.4 Å². The van der Waals surface area contributed by atoms with E-state index in [0.717, 1.165) is 5.56 Å². The molecule has 194 valence electrons. The predicted octanol–water partition coefficient (Wildman–Crippen LogP) is 3.69. The lowest BCUT2D eigenvalue weighted by molar-refractivity contribution is -0.118. The van der Waals surface area contributed by atoms with Gasteiger partial charge in [-0.05, 0) is 67.9 Å². The summed E-state index contributed by atoms with van der Waals surface area (Å²) in [4.78, 5) is 36.4. The third-order valence-corrected chi connectivity index (χ3v) is 6.56. The number of aryl methyl sites for hydroxylation is 2. The van der Waals surface area contributed by atoms with Crippen LogP contribution in [0.15, 0.2) is 65.6 Å². The SMILES string of the molecule is COC(=O)c1cc(NC(=O)COc2ccc(S(=O)(=O)Nc3ccc(C)cc3)cc2C)cc(C(=O)OC)c1. The molecular weight excluding hydrogens is 500 g/mol. The number of esters is 2.